The molecule has 0 radical (unpaired) electrons. The van der Waals surface area contributed by atoms with Gasteiger partial charge in [0.05, 0.1) is 17.2 Å². The van der Waals surface area contributed by atoms with Crippen molar-refractivity contribution >= 4 is 28.8 Å². The normalized spacial score (nSPS) is 11.7. The average molecular weight is 340 g/mol. The van der Waals surface area contributed by atoms with E-state index in [2.05, 4.69) is 10.6 Å². The maximum Gasteiger partial charge on any atom is 0.265 e. The lowest BCUT2D eigenvalue weighted by Crippen LogP contribution is -2.26. The summed E-state index contributed by atoms with van der Waals surface area (Å²) in [6, 6.07) is 13.7. The van der Waals surface area contributed by atoms with Crippen LogP contribution >= 0.6 is 11.3 Å². The smallest absolute Gasteiger partial charge is 0.265 e. The van der Waals surface area contributed by atoms with E-state index in [-0.39, 0.29) is 17.9 Å². The highest BCUT2D eigenvalue weighted by Crippen LogP contribution is 2.17. The molecule has 1 aromatic carbocycles. The Balaban J connectivity index is 1.68. The summed E-state index contributed by atoms with van der Waals surface area (Å²) < 4.78 is 5.28. The molecule has 2 aromatic heterocycles. The predicted molar refractivity (Wildman–Crippen MR) is 93.3 cm³/mol. The molecule has 3 aromatic rings. The molecule has 2 N–H and O–H groups in total. The molecule has 0 aliphatic rings. The fourth-order valence-electron chi connectivity index (χ4n) is 2.23. The number of furan rings is 1. The number of nitrogens with one attached hydrogen (secondary N) is 2. The number of anilines is 1. The molecule has 5 nitrogen and oxygen atoms in total. The molecule has 0 aliphatic heterocycles. The minimum absolute atomic E-state index is 0.188. The van der Waals surface area contributed by atoms with E-state index in [0.29, 0.717) is 21.9 Å². The summed E-state index contributed by atoms with van der Waals surface area (Å²) in [5.74, 6) is 0.267. The van der Waals surface area contributed by atoms with Gasteiger partial charge in [-0.05, 0) is 48.7 Å². The first-order valence-electron chi connectivity index (χ1n) is 7.42. The van der Waals surface area contributed by atoms with Gasteiger partial charge in [-0.15, -0.1) is 11.3 Å². The Morgan fingerprint density at radius 2 is 1.96 bits per heavy atom. The first-order valence-corrected chi connectivity index (χ1v) is 8.30. The average Bonchev–Trinajstić information content (AvgIpc) is 3.28. The summed E-state index contributed by atoms with van der Waals surface area (Å²) in [6.45, 7) is 1.85. The van der Waals surface area contributed by atoms with Crippen molar-refractivity contribution in [3.63, 3.8) is 0 Å². The van der Waals surface area contributed by atoms with E-state index >= 15 is 0 Å². The van der Waals surface area contributed by atoms with E-state index in [1.807, 2.05) is 24.4 Å². The monoisotopic (exact) mass is 340 g/mol. The van der Waals surface area contributed by atoms with Gasteiger partial charge in [-0.3, -0.25) is 9.59 Å². The van der Waals surface area contributed by atoms with Crippen LogP contribution in [-0.4, -0.2) is 11.8 Å². The number of carbonyl (C=O) groups excluding carboxylic acids is 2. The molecule has 0 saturated heterocycles. The Hall–Kier alpha value is -2.86. The fraction of sp³-hybridized carbons (Fsp3) is 0.111. The third kappa shape index (κ3) is 3.72. The van der Waals surface area contributed by atoms with Gasteiger partial charge in [0.1, 0.15) is 5.76 Å². The van der Waals surface area contributed by atoms with Crippen LogP contribution in [0.3, 0.4) is 0 Å². The number of thiophene rings is 1. The molecule has 122 valence electrons. The van der Waals surface area contributed by atoms with Gasteiger partial charge in [0.25, 0.3) is 11.8 Å². The largest absolute Gasteiger partial charge is 0.467 e. The highest BCUT2D eigenvalue weighted by atomic mass is 32.1. The fourth-order valence-corrected chi connectivity index (χ4v) is 2.85. The number of hydrogen-bond acceptors (Lipinski definition) is 4. The van der Waals surface area contributed by atoms with Crippen LogP contribution in [-0.2, 0) is 0 Å². The van der Waals surface area contributed by atoms with Crippen molar-refractivity contribution in [2.45, 2.75) is 13.0 Å². The van der Waals surface area contributed by atoms with Gasteiger partial charge in [0.2, 0.25) is 0 Å². The molecule has 2 heterocycles. The van der Waals surface area contributed by atoms with E-state index in [1.54, 1.807) is 42.7 Å². The summed E-state index contributed by atoms with van der Waals surface area (Å²) >= 11 is 1.37. The van der Waals surface area contributed by atoms with Crippen molar-refractivity contribution in [2.24, 2.45) is 0 Å². The van der Waals surface area contributed by atoms with Crippen molar-refractivity contribution < 1.29 is 14.0 Å². The van der Waals surface area contributed by atoms with Crippen LogP contribution in [0.15, 0.2) is 64.6 Å². The second-order valence-electron chi connectivity index (χ2n) is 5.22. The van der Waals surface area contributed by atoms with Gasteiger partial charge in [-0.1, -0.05) is 12.1 Å². The molecule has 2 amide bonds. The first kappa shape index (κ1) is 16.0. The van der Waals surface area contributed by atoms with Crippen LogP contribution in [0.25, 0.3) is 0 Å². The molecule has 24 heavy (non-hydrogen) atoms. The zero-order valence-corrected chi connectivity index (χ0v) is 13.8. The third-order valence-electron chi connectivity index (χ3n) is 3.45. The van der Waals surface area contributed by atoms with E-state index in [4.69, 9.17) is 4.42 Å². The Kier molecular flexibility index (Phi) is 4.77. The van der Waals surface area contributed by atoms with Crippen molar-refractivity contribution in [3.05, 3.63) is 76.4 Å². The highest BCUT2D eigenvalue weighted by Gasteiger charge is 2.14. The van der Waals surface area contributed by atoms with Crippen LogP contribution < -0.4 is 10.6 Å². The van der Waals surface area contributed by atoms with Crippen molar-refractivity contribution in [3.8, 4) is 0 Å². The van der Waals surface area contributed by atoms with Crippen molar-refractivity contribution in [2.75, 3.05) is 5.32 Å². The van der Waals surface area contributed by atoms with Crippen LogP contribution in [0.1, 0.15) is 38.8 Å². The minimum atomic E-state index is -0.239. The molecule has 0 spiro atoms. The quantitative estimate of drug-likeness (QED) is 0.735. The van der Waals surface area contributed by atoms with E-state index < -0.39 is 0 Å². The zero-order valence-electron chi connectivity index (χ0n) is 13.0. The second kappa shape index (κ2) is 7.14. The zero-order chi connectivity index (χ0) is 16.9. The summed E-state index contributed by atoms with van der Waals surface area (Å²) in [5, 5.41) is 7.50. The Morgan fingerprint density at radius 3 is 2.67 bits per heavy atom. The maximum atomic E-state index is 12.4. The summed E-state index contributed by atoms with van der Waals surface area (Å²) in [5.41, 5.74) is 1.05. The maximum absolute atomic E-state index is 12.4. The topological polar surface area (TPSA) is 71.3 Å². The van der Waals surface area contributed by atoms with Crippen LogP contribution in [0, 0.1) is 0 Å². The van der Waals surface area contributed by atoms with E-state index in [0.717, 1.165) is 0 Å². The van der Waals surface area contributed by atoms with E-state index in [1.165, 1.54) is 11.3 Å². The van der Waals surface area contributed by atoms with Gasteiger partial charge in [0, 0.05) is 11.3 Å². The molecule has 0 bridgehead atoms. The summed E-state index contributed by atoms with van der Waals surface area (Å²) in [4.78, 5) is 25.1. The molecule has 6 heteroatoms. The van der Waals surface area contributed by atoms with Crippen LogP contribution in [0.5, 0.6) is 0 Å². The van der Waals surface area contributed by atoms with E-state index in [9.17, 15) is 9.59 Å². The molecule has 0 fully saturated rings. The molecule has 1 atom stereocenters. The number of benzene rings is 1. The van der Waals surface area contributed by atoms with Crippen LogP contribution in [0.2, 0.25) is 0 Å². The molecule has 1 unspecified atom stereocenters. The van der Waals surface area contributed by atoms with Crippen molar-refractivity contribution in [1.29, 1.82) is 0 Å². The highest BCUT2D eigenvalue weighted by molar-refractivity contribution is 7.12. The SMILES string of the molecule is CC(NC(=O)c1cccc(NC(=O)c2cccs2)c1)c1ccco1. The number of hydrogen-bond donors (Lipinski definition) is 2. The lowest BCUT2D eigenvalue weighted by atomic mass is 10.1. The minimum Gasteiger partial charge on any atom is -0.467 e. The van der Waals surface area contributed by atoms with Crippen LogP contribution in [0.4, 0.5) is 5.69 Å². The Labute approximate surface area is 143 Å². The molecular formula is C18H16N2O3S. The van der Waals surface area contributed by atoms with Gasteiger partial charge in [-0.2, -0.15) is 0 Å². The lowest BCUT2D eigenvalue weighted by Gasteiger charge is -2.12. The van der Waals surface area contributed by atoms with Gasteiger partial charge in [-0.25, -0.2) is 0 Å². The van der Waals surface area contributed by atoms with Gasteiger partial charge in [0.15, 0.2) is 0 Å². The standard InChI is InChI=1S/C18H16N2O3S/c1-12(15-7-3-9-23-15)19-17(21)13-5-2-6-14(11-13)20-18(22)16-8-4-10-24-16/h2-12H,1H3,(H,19,21)(H,20,22). The molecule has 0 aliphatic carbocycles. The van der Waals surface area contributed by atoms with Gasteiger partial charge < -0.3 is 15.1 Å². The number of amides is 2. The van der Waals surface area contributed by atoms with Gasteiger partial charge >= 0.3 is 0 Å². The summed E-state index contributed by atoms with van der Waals surface area (Å²) in [7, 11) is 0. The molecule has 3 rings (SSSR count). The second-order valence-corrected chi connectivity index (χ2v) is 6.17. The lowest BCUT2D eigenvalue weighted by molar-refractivity contribution is 0.0934. The Bertz CT molecular complexity index is 826. The Morgan fingerprint density at radius 1 is 1.08 bits per heavy atom. The summed E-state index contributed by atoms with van der Waals surface area (Å²) in [6.07, 6.45) is 1.57. The van der Waals surface area contributed by atoms with Crippen molar-refractivity contribution in [1.82, 2.24) is 5.32 Å². The molecule has 0 saturated carbocycles. The molecular weight excluding hydrogens is 324 g/mol. The number of rotatable bonds is 5. The number of carbonyl (C=O) groups is 2. The first-order chi connectivity index (χ1) is 11.6. The predicted octanol–water partition coefficient (Wildman–Crippen LogP) is 4.08. The third-order valence-corrected chi connectivity index (χ3v) is 4.31.